The van der Waals surface area contributed by atoms with Crippen LogP contribution in [0.4, 0.5) is 10.5 Å². The van der Waals surface area contributed by atoms with Crippen LogP contribution in [0.3, 0.4) is 0 Å². The van der Waals surface area contributed by atoms with Gasteiger partial charge in [0.1, 0.15) is 18.6 Å². The molecule has 1 saturated heterocycles. The molecule has 2 unspecified atom stereocenters. The molecular weight excluding hydrogens is 282 g/mol. The molecule has 3 rings (SSSR count). The lowest BCUT2D eigenvalue weighted by Crippen LogP contribution is -2.20. The summed E-state index contributed by atoms with van der Waals surface area (Å²) >= 11 is 0. The maximum atomic E-state index is 11.6. The summed E-state index contributed by atoms with van der Waals surface area (Å²) in [6.07, 6.45) is -0.0240. The van der Waals surface area contributed by atoms with E-state index in [0.29, 0.717) is 12.8 Å². The van der Waals surface area contributed by atoms with Crippen LogP contribution in [0.1, 0.15) is 12.8 Å². The highest BCUT2D eigenvalue weighted by Crippen LogP contribution is 2.32. The molecule has 1 aromatic rings. The van der Waals surface area contributed by atoms with E-state index in [1.165, 1.54) is 24.3 Å². The fraction of sp³-hybridized carbons (Fsp3) is 0.462. The fourth-order valence-electron chi connectivity index (χ4n) is 2.47. The summed E-state index contributed by atoms with van der Waals surface area (Å²) in [6, 6.07) is 5.19. The van der Waals surface area contributed by atoms with Crippen molar-refractivity contribution in [1.29, 1.82) is 0 Å². The van der Waals surface area contributed by atoms with Crippen LogP contribution >= 0.6 is 0 Å². The van der Waals surface area contributed by atoms with Gasteiger partial charge < -0.3 is 18.9 Å². The lowest BCUT2D eigenvalue weighted by Gasteiger charge is -2.12. The number of hydrogen-bond donors (Lipinski definition) is 0. The number of carbonyl (C=O) groups excluding carboxylic acids is 1. The third kappa shape index (κ3) is 3.11. The van der Waals surface area contributed by atoms with E-state index in [1.54, 1.807) is 0 Å². The molecule has 2 fully saturated rings. The predicted molar refractivity (Wildman–Crippen MR) is 67.8 cm³/mol. The van der Waals surface area contributed by atoms with Crippen LogP contribution in [0, 0.1) is 10.1 Å². The molecule has 0 spiro atoms. The number of non-ortho nitro benzene ring substituents is 1. The van der Waals surface area contributed by atoms with Crippen molar-refractivity contribution in [2.75, 3.05) is 6.79 Å². The molecule has 8 nitrogen and oxygen atoms in total. The van der Waals surface area contributed by atoms with E-state index < -0.39 is 11.1 Å². The Morgan fingerprint density at radius 1 is 1.19 bits per heavy atom. The number of benzene rings is 1. The van der Waals surface area contributed by atoms with Crippen molar-refractivity contribution < 1.29 is 28.7 Å². The monoisotopic (exact) mass is 295 g/mol. The van der Waals surface area contributed by atoms with Crippen LogP contribution < -0.4 is 4.74 Å². The van der Waals surface area contributed by atoms with Crippen molar-refractivity contribution in [3.8, 4) is 5.75 Å². The van der Waals surface area contributed by atoms with Crippen LogP contribution in [-0.2, 0) is 14.2 Å². The van der Waals surface area contributed by atoms with E-state index in [9.17, 15) is 14.9 Å². The average molecular weight is 295 g/mol. The first-order valence-corrected chi connectivity index (χ1v) is 6.48. The molecular formula is C13H13NO7. The summed E-state index contributed by atoms with van der Waals surface area (Å²) in [6.45, 7) is 0.287. The largest absolute Gasteiger partial charge is 0.514 e. The first-order valence-electron chi connectivity index (χ1n) is 6.48. The molecule has 112 valence electrons. The number of nitro groups is 1. The molecule has 0 radical (unpaired) electrons. The Balaban J connectivity index is 1.51. The van der Waals surface area contributed by atoms with Gasteiger partial charge in [0.15, 0.2) is 0 Å². The summed E-state index contributed by atoms with van der Waals surface area (Å²) in [4.78, 5) is 21.6. The second-order valence-corrected chi connectivity index (χ2v) is 4.84. The number of rotatable bonds is 3. The van der Waals surface area contributed by atoms with Gasteiger partial charge in [-0.2, -0.15) is 0 Å². The second kappa shape index (κ2) is 5.66. The Bertz CT molecular complexity index is 532. The topological polar surface area (TPSA) is 97.1 Å². The molecule has 0 N–H and O–H groups in total. The lowest BCUT2D eigenvalue weighted by atomic mass is 10.3. The normalized spacial score (nSPS) is 27.1. The van der Waals surface area contributed by atoms with Gasteiger partial charge in [-0.25, -0.2) is 4.79 Å². The van der Waals surface area contributed by atoms with Crippen molar-refractivity contribution in [3.05, 3.63) is 34.4 Å². The highest BCUT2D eigenvalue weighted by Gasteiger charge is 2.41. The van der Waals surface area contributed by atoms with Crippen molar-refractivity contribution >= 4 is 11.8 Å². The highest BCUT2D eigenvalue weighted by molar-refractivity contribution is 5.64. The van der Waals surface area contributed by atoms with Crippen molar-refractivity contribution in [2.24, 2.45) is 0 Å². The first-order chi connectivity index (χ1) is 10.1. The predicted octanol–water partition coefficient (Wildman–Crippen LogP) is 2.01. The summed E-state index contributed by atoms with van der Waals surface area (Å²) in [5, 5.41) is 10.5. The minimum atomic E-state index is -0.839. The zero-order chi connectivity index (χ0) is 14.8. The summed E-state index contributed by atoms with van der Waals surface area (Å²) in [5.74, 6) is 0.191. The zero-order valence-electron chi connectivity index (χ0n) is 11.0. The molecule has 0 bridgehead atoms. The molecule has 8 heteroatoms. The Morgan fingerprint density at radius 3 is 2.38 bits per heavy atom. The van der Waals surface area contributed by atoms with Gasteiger partial charge in [0.2, 0.25) is 0 Å². The van der Waals surface area contributed by atoms with Gasteiger partial charge in [0.05, 0.1) is 17.1 Å². The minimum absolute atomic E-state index is 0.0258. The number of carbonyl (C=O) groups is 1. The van der Waals surface area contributed by atoms with Gasteiger partial charge in [-0.15, -0.1) is 0 Å². The van der Waals surface area contributed by atoms with Gasteiger partial charge in [0, 0.05) is 25.0 Å². The Hall–Kier alpha value is -2.19. The van der Waals surface area contributed by atoms with Crippen LogP contribution in [0.5, 0.6) is 5.75 Å². The number of ether oxygens (including phenoxy) is 4. The molecule has 1 aromatic carbocycles. The van der Waals surface area contributed by atoms with Crippen LogP contribution in [0.2, 0.25) is 0 Å². The third-order valence-electron chi connectivity index (χ3n) is 3.48. The van der Waals surface area contributed by atoms with Crippen LogP contribution in [0.15, 0.2) is 24.3 Å². The first kappa shape index (κ1) is 13.8. The molecule has 0 aromatic heterocycles. The van der Waals surface area contributed by atoms with E-state index in [4.69, 9.17) is 18.9 Å². The minimum Gasteiger partial charge on any atom is -0.430 e. The lowest BCUT2D eigenvalue weighted by molar-refractivity contribution is -0.384. The summed E-state index contributed by atoms with van der Waals surface area (Å²) in [7, 11) is 0. The average Bonchev–Trinajstić information content (AvgIpc) is 3.00. The maximum absolute atomic E-state index is 11.6. The molecule has 1 aliphatic heterocycles. The molecule has 1 heterocycles. The van der Waals surface area contributed by atoms with Crippen molar-refractivity contribution in [2.45, 2.75) is 31.2 Å². The smallest absolute Gasteiger partial charge is 0.430 e. The fourth-order valence-corrected chi connectivity index (χ4v) is 2.47. The molecule has 1 aliphatic carbocycles. The van der Waals surface area contributed by atoms with Crippen molar-refractivity contribution in [3.63, 3.8) is 0 Å². The Kier molecular flexibility index (Phi) is 3.72. The highest BCUT2D eigenvalue weighted by atomic mass is 16.7. The van der Waals surface area contributed by atoms with Gasteiger partial charge in [-0.3, -0.25) is 10.1 Å². The molecule has 2 atom stereocenters. The van der Waals surface area contributed by atoms with Crippen LogP contribution in [0.25, 0.3) is 0 Å². The molecule has 1 saturated carbocycles. The van der Waals surface area contributed by atoms with Gasteiger partial charge in [-0.05, 0) is 12.1 Å². The van der Waals surface area contributed by atoms with Gasteiger partial charge in [0.25, 0.3) is 5.69 Å². The number of fused-ring (bicyclic) bond motifs is 1. The number of nitrogens with zero attached hydrogens (tertiary/aromatic N) is 1. The van der Waals surface area contributed by atoms with E-state index in [2.05, 4.69) is 0 Å². The Labute approximate surface area is 119 Å². The van der Waals surface area contributed by atoms with E-state index in [0.717, 1.165) is 0 Å². The van der Waals surface area contributed by atoms with Gasteiger partial charge >= 0.3 is 6.16 Å². The molecule has 2 aliphatic rings. The quantitative estimate of drug-likeness (QED) is 0.364. The van der Waals surface area contributed by atoms with E-state index >= 15 is 0 Å². The van der Waals surface area contributed by atoms with E-state index in [-0.39, 0.29) is 36.5 Å². The Morgan fingerprint density at radius 2 is 1.81 bits per heavy atom. The number of hydrogen-bond acceptors (Lipinski definition) is 7. The standard InChI is InChI=1S/C13H13NO7/c15-13(20-9-3-1-8(2-4-9)14(16)17)21-10-5-11-12(6-10)19-7-18-11/h1-4,10-12H,5-7H2. The third-order valence-corrected chi connectivity index (χ3v) is 3.48. The van der Waals surface area contributed by atoms with Gasteiger partial charge in [-0.1, -0.05) is 0 Å². The van der Waals surface area contributed by atoms with E-state index in [1.807, 2.05) is 0 Å². The number of nitro benzene ring substituents is 1. The maximum Gasteiger partial charge on any atom is 0.514 e. The second-order valence-electron chi connectivity index (χ2n) is 4.84. The summed E-state index contributed by atoms with van der Waals surface area (Å²) in [5.41, 5.74) is -0.0753. The molecule has 21 heavy (non-hydrogen) atoms. The van der Waals surface area contributed by atoms with Crippen molar-refractivity contribution in [1.82, 2.24) is 0 Å². The zero-order valence-corrected chi connectivity index (χ0v) is 11.0. The summed E-state index contributed by atoms with van der Waals surface area (Å²) < 4.78 is 20.8. The molecule has 0 amide bonds. The SMILES string of the molecule is O=C(Oc1ccc([N+](=O)[O-])cc1)OC1CC2OCOC2C1. The van der Waals surface area contributed by atoms with Crippen LogP contribution in [-0.4, -0.2) is 36.2 Å².